The van der Waals surface area contributed by atoms with Crippen LogP contribution in [0.5, 0.6) is 5.75 Å². The van der Waals surface area contributed by atoms with Crippen LogP contribution in [0.15, 0.2) is 42.5 Å². The van der Waals surface area contributed by atoms with Crippen molar-refractivity contribution in [3.05, 3.63) is 65.0 Å². The summed E-state index contributed by atoms with van der Waals surface area (Å²) in [6.45, 7) is 3.20. The smallest absolute Gasteiger partial charge is 0.223 e. The Hall–Kier alpha value is -2.87. The maximum Gasteiger partial charge on any atom is 0.223 e. The number of halogens is 1. The summed E-state index contributed by atoms with van der Waals surface area (Å²) in [6.07, 6.45) is 1.66. The highest BCUT2D eigenvalue weighted by atomic mass is 19.1. The minimum absolute atomic E-state index is 0.0347. The number of carbonyl (C=O) groups is 1. The van der Waals surface area contributed by atoms with Crippen molar-refractivity contribution in [1.82, 2.24) is 4.90 Å². The van der Waals surface area contributed by atoms with Crippen LogP contribution in [0.3, 0.4) is 0 Å². The second-order valence-corrected chi connectivity index (χ2v) is 6.09. The molecule has 0 unspecified atom stereocenters. The number of nitriles is 1. The lowest BCUT2D eigenvalue weighted by atomic mass is 10.1. The normalized spacial score (nSPS) is 10.2. The molecule has 2 aromatic rings. The Morgan fingerprint density at radius 2 is 1.88 bits per heavy atom. The molecule has 0 bridgehead atoms. The van der Waals surface area contributed by atoms with Crippen LogP contribution in [-0.2, 0) is 17.8 Å². The van der Waals surface area contributed by atoms with Gasteiger partial charge in [-0.2, -0.15) is 5.26 Å². The number of methoxy groups -OCH3 is 1. The molecule has 0 heterocycles. The summed E-state index contributed by atoms with van der Waals surface area (Å²) in [5, 5.41) is 8.86. The van der Waals surface area contributed by atoms with E-state index in [1.165, 1.54) is 13.2 Å². The zero-order chi connectivity index (χ0) is 18.9. The maximum atomic E-state index is 13.8. The van der Waals surface area contributed by atoms with Gasteiger partial charge in [0.15, 0.2) is 11.6 Å². The molecular weight excluding hydrogens is 331 g/mol. The lowest BCUT2D eigenvalue weighted by Gasteiger charge is -2.22. The van der Waals surface area contributed by atoms with E-state index in [4.69, 9.17) is 10.00 Å². The highest BCUT2D eigenvalue weighted by Crippen LogP contribution is 2.19. The molecule has 2 aromatic carbocycles. The zero-order valence-electron chi connectivity index (χ0n) is 15.2. The molecule has 0 spiro atoms. The van der Waals surface area contributed by atoms with Gasteiger partial charge in [0.05, 0.1) is 18.7 Å². The van der Waals surface area contributed by atoms with E-state index >= 15 is 0 Å². The largest absolute Gasteiger partial charge is 0.494 e. The second-order valence-electron chi connectivity index (χ2n) is 6.09. The topological polar surface area (TPSA) is 53.3 Å². The molecule has 1 amide bonds. The molecule has 136 valence electrons. The molecule has 4 nitrogen and oxygen atoms in total. The van der Waals surface area contributed by atoms with Crippen LogP contribution in [0, 0.1) is 17.1 Å². The number of hydrogen-bond acceptors (Lipinski definition) is 3. The zero-order valence-corrected chi connectivity index (χ0v) is 15.2. The van der Waals surface area contributed by atoms with E-state index < -0.39 is 5.82 Å². The summed E-state index contributed by atoms with van der Waals surface area (Å²) in [5.41, 5.74) is 2.36. The van der Waals surface area contributed by atoms with Crippen LogP contribution in [0.4, 0.5) is 4.39 Å². The Morgan fingerprint density at radius 3 is 2.46 bits per heavy atom. The fraction of sp³-hybridized carbons (Fsp3) is 0.333. The third-order valence-corrected chi connectivity index (χ3v) is 4.15. The third-order valence-electron chi connectivity index (χ3n) is 4.15. The van der Waals surface area contributed by atoms with E-state index in [0.29, 0.717) is 31.5 Å². The molecule has 2 rings (SSSR count). The average Bonchev–Trinajstić information content (AvgIpc) is 2.66. The minimum Gasteiger partial charge on any atom is -0.494 e. The molecule has 0 aliphatic rings. The van der Waals surface area contributed by atoms with Crippen LogP contribution < -0.4 is 4.74 Å². The molecule has 0 radical (unpaired) electrons. The monoisotopic (exact) mass is 354 g/mol. The number of nitrogens with zero attached hydrogens (tertiary/aromatic N) is 2. The molecule has 0 atom stereocenters. The summed E-state index contributed by atoms with van der Waals surface area (Å²) in [7, 11) is 1.42. The number of hydrogen-bond donors (Lipinski definition) is 0. The van der Waals surface area contributed by atoms with Crippen LogP contribution in [0.25, 0.3) is 0 Å². The first-order chi connectivity index (χ1) is 12.6. The van der Waals surface area contributed by atoms with E-state index in [9.17, 15) is 9.18 Å². The summed E-state index contributed by atoms with van der Waals surface area (Å²) in [5.74, 6) is -0.179. The fourth-order valence-electron chi connectivity index (χ4n) is 2.74. The van der Waals surface area contributed by atoms with Gasteiger partial charge in [-0.15, -0.1) is 0 Å². The number of amides is 1. The van der Waals surface area contributed by atoms with Crippen LogP contribution >= 0.6 is 0 Å². The van der Waals surface area contributed by atoms with Crippen molar-refractivity contribution in [2.24, 2.45) is 0 Å². The summed E-state index contributed by atoms with van der Waals surface area (Å²) >= 11 is 0. The molecule has 0 saturated carbocycles. The maximum absolute atomic E-state index is 13.8. The summed E-state index contributed by atoms with van der Waals surface area (Å²) < 4.78 is 18.7. The minimum atomic E-state index is -0.416. The number of aryl methyl sites for hydroxylation is 1. The van der Waals surface area contributed by atoms with Gasteiger partial charge in [-0.1, -0.05) is 25.1 Å². The van der Waals surface area contributed by atoms with Crippen molar-refractivity contribution in [2.45, 2.75) is 32.7 Å². The fourth-order valence-corrected chi connectivity index (χ4v) is 2.74. The first-order valence-corrected chi connectivity index (χ1v) is 8.66. The SMILES string of the molecule is CCCN(Cc1ccc(C#N)cc1)C(=O)CCc1ccc(OC)c(F)c1. The van der Waals surface area contributed by atoms with Gasteiger partial charge in [0.1, 0.15) is 0 Å². The Bertz CT molecular complexity index is 782. The number of ether oxygens (including phenoxy) is 1. The van der Waals surface area contributed by atoms with Crippen LogP contribution in [0.2, 0.25) is 0 Å². The summed E-state index contributed by atoms with van der Waals surface area (Å²) in [4.78, 5) is 14.4. The van der Waals surface area contributed by atoms with E-state index in [-0.39, 0.29) is 11.7 Å². The predicted octanol–water partition coefficient (Wildman–Crippen LogP) is 4.08. The van der Waals surface area contributed by atoms with E-state index in [0.717, 1.165) is 17.5 Å². The third kappa shape index (κ3) is 5.32. The first-order valence-electron chi connectivity index (χ1n) is 8.66. The molecule has 26 heavy (non-hydrogen) atoms. The predicted molar refractivity (Wildman–Crippen MR) is 98.1 cm³/mol. The van der Waals surface area contributed by atoms with Gasteiger partial charge < -0.3 is 9.64 Å². The molecule has 0 aromatic heterocycles. The lowest BCUT2D eigenvalue weighted by molar-refractivity contribution is -0.131. The Balaban J connectivity index is 1.98. The van der Waals surface area contributed by atoms with Gasteiger partial charge in [0.25, 0.3) is 0 Å². The van der Waals surface area contributed by atoms with E-state index in [1.54, 1.807) is 29.2 Å². The first kappa shape index (κ1) is 19.5. The highest BCUT2D eigenvalue weighted by molar-refractivity contribution is 5.76. The molecule has 0 saturated heterocycles. The van der Waals surface area contributed by atoms with Crippen molar-refractivity contribution < 1.29 is 13.9 Å². The number of rotatable bonds is 8. The molecular formula is C21H23FN2O2. The van der Waals surface area contributed by atoms with Crippen molar-refractivity contribution >= 4 is 5.91 Å². The van der Waals surface area contributed by atoms with Crippen molar-refractivity contribution in [3.8, 4) is 11.8 Å². The molecule has 0 aliphatic carbocycles. The molecule has 0 fully saturated rings. The van der Waals surface area contributed by atoms with Gasteiger partial charge in [0.2, 0.25) is 5.91 Å². The van der Waals surface area contributed by atoms with Gasteiger partial charge in [-0.3, -0.25) is 4.79 Å². The number of carbonyl (C=O) groups excluding carboxylic acids is 1. The van der Waals surface area contributed by atoms with Gasteiger partial charge in [0, 0.05) is 19.5 Å². The van der Waals surface area contributed by atoms with Crippen molar-refractivity contribution in [2.75, 3.05) is 13.7 Å². The van der Waals surface area contributed by atoms with Crippen LogP contribution in [0.1, 0.15) is 36.5 Å². The number of benzene rings is 2. The van der Waals surface area contributed by atoms with Gasteiger partial charge in [-0.05, 0) is 48.2 Å². The Kier molecular flexibility index (Phi) is 7.16. The van der Waals surface area contributed by atoms with E-state index in [1.807, 2.05) is 19.1 Å². The van der Waals surface area contributed by atoms with Crippen molar-refractivity contribution in [1.29, 1.82) is 5.26 Å². The summed E-state index contributed by atoms with van der Waals surface area (Å²) in [6, 6.07) is 14.1. The van der Waals surface area contributed by atoms with Crippen molar-refractivity contribution in [3.63, 3.8) is 0 Å². The van der Waals surface area contributed by atoms with Gasteiger partial charge >= 0.3 is 0 Å². The molecule has 0 aliphatic heterocycles. The average molecular weight is 354 g/mol. The Labute approximate surface area is 153 Å². The second kappa shape index (κ2) is 9.57. The standard InChI is InChI=1S/C21H23FN2O2/c1-3-12-24(15-18-6-4-17(14-23)5-7-18)21(25)11-9-16-8-10-20(26-2)19(22)13-16/h4-8,10,13H,3,9,11-12,15H2,1-2H3. The van der Waals surface area contributed by atoms with E-state index in [2.05, 4.69) is 6.07 Å². The molecule has 5 heteroatoms. The Morgan fingerprint density at radius 1 is 1.19 bits per heavy atom. The molecule has 0 N–H and O–H groups in total. The lowest BCUT2D eigenvalue weighted by Crippen LogP contribution is -2.31. The van der Waals surface area contributed by atoms with Crippen LogP contribution in [-0.4, -0.2) is 24.5 Å². The van der Waals surface area contributed by atoms with Gasteiger partial charge in [-0.25, -0.2) is 4.39 Å². The highest BCUT2D eigenvalue weighted by Gasteiger charge is 2.14. The quantitative estimate of drug-likeness (QED) is 0.718.